The van der Waals surface area contributed by atoms with Crippen LogP contribution in [0.25, 0.3) is 0 Å². The van der Waals surface area contributed by atoms with Crippen LogP contribution in [-0.4, -0.2) is 40.5 Å². The molecule has 1 atom stereocenters. The average molecular weight is 628 g/mol. The quantitative estimate of drug-likeness (QED) is 0.124. The number of amides is 2. The van der Waals surface area contributed by atoms with Gasteiger partial charge < -0.3 is 21.8 Å². The monoisotopic (exact) mass is 626 g/mol. The minimum atomic E-state index is -0.662. The summed E-state index contributed by atoms with van der Waals surface area (Å²) in [6.07, 6.45) is 5.21. The van der Waals surface area contributed by atoms with E-state index in [9.17, 15) is 9.59 Å². The van der Waals surface area contributed by atoms with Crippen LogP contribution < -0.4 is 16.9 Å². The van der Waals surface area contributed by atoms with Gasteiger partial charge in [-0.05, 0) is 91.7 Å². The maximum absolute atomic E-state index is 14.5. The van der Waals surface area contributed by atoms with Crippen molar-refractivity contribution in [2.24, 2.45) is 38.9 Å². The average Bonchev–Trinajstić information content (AvgIpc) is 3.22. The predicted molar refractivity (Wildman–Crippen MR) is 175 cm³/mol. The van der Waals surface area contributed by atoms with Crippen molar-refractivity contribution in [3.8, 4) is 0 Å². The zero-order valence-corrected chi connectivity index (χ0v) is 27.3. The molecule has 5 N–H and O–H groups in total. The highest BCUT2D eigenvalue weighted by atomic mass is 35.5. The lowest BCUT2D eigenvalue weighted by atomic mass is 9.75. The van der Waals surface area contributed by atoms with Gasteiger partial charge in [0.1, 0.15) is 17.2 Å². The number of nitrogens with two attached hydrogens (primary N) is 2. The Labute approximate surface area is 265 Å². The van der Waals surface area contributed by atoms with E-state index in [0.29, 0.717) is 38.7 Å². The third kappa shape index (κ3) is 7.71. The zero-order chi connectivity index (χ0) is 31.5. The molecule has 2 amide bonds. The lowest BCUT2D eigenvalue weighted by Gasteiger charge is -2.46. The molecule has 1 spiro atoms. The zero-order valence-electron chi connectivity index (χ0n) is 25.8. The van der Waals surface area contributed by atoms with E-state index >= 15 is 0 Å². The summed E-state index contributed by atoms with van der Waals surface area (Å²) in [6, 6.07) is 12.4. The van der Waals surface area contributed by atoms with Gasteiger partial charge in [0.25, 0.3) is 11.8 Å². The summed E-state index contributed by atoms with van der Waals surface area (Å²) in [5.74, 6) is 6.08. The fourth-order valence-electron chi connectivity index (χ4n) is 6.23. The number of halogens is 2. The Kier molecular flexibility index (Phi) is 10.1. The first-order valence-corrected chi connectivity index (χ1v) is 15.8. The van der Waals surface area contributed by atoms with E-state index in [1.807, 2.05) is 17.0 Å². The molecule has 1 aliphatic carbocycles. The van der Waals surface area contributed by atoms with Crippen LogP contribution in [0.15, 0.2) is 52.6 Å². The van der Waals surface area contributed by atoms with Crippen molar-refractivity contribution >= 4 is 46.6 Å². The van der Waals surface area contributed by atoms with Crippen LogP contribution in [0.4, 0.5) is 0 Å². The summed E-state index contributed by atoms with van der Waals surface area (Å²) in [4.78, 5) is 34.5. The fraction of sp³-hybridized carbons (Fsp3) is 0.515. The van der Waals surface area contributed by atoms with Crippen LogP contribution in [0.5, 0.6) is 0 Å². The Hall–Kier alpha value is -3.10. The molecular formula is C33H44Cl2N6O2. The molecular weight excluding hydrogens is 583 g/mol. The largest absolute Gasteiger partial charge is 0.384 e. The van der Waals surface area contributed by atoms with Gasteiger partial charge in [0.15, 0.2) is 0 Å². The summed E-state index contributed by atoms with van der Waals surface area (Å²) in [5.41, 5.74) is 7.50. The molecule has 4 rings (SSSR count). The van der Waals surface area contributed by atoms with Crippen LogP contribution in [0.1, 0.15) is 101 Å². The molecule has 43 heavy (non-hydrogen) atoms. The molecule has 232 valence electrons. The molecule has 0 radical (unpaired) electrons. The molecule has 1 fully saturated rings. The molecule has 2 aromatic carbocycles. The smallest absolute Gasteiger partial charge is 0.275 e. The minimum absolute atomic E-state index is 0.0535. The van der Waals surface area contributed by atoms with Crippen molar-refractivity contribution in [3.63, 3.8) is 0 Å². The van der Waals surface area contributed by atoms with Crippen molar-refractivity contribution in [1.82, 2.24) is 10.2 Å². The molecule has 0 bridgehead atoms. The van der Waals surface area contributed by atoms with Crippen LogP contribution in [0.2, 0.25) is 10.0 Å². The van der Waals surface area contributed by atoms with Gasteiger partial charge in [-0.25, -0.2) is 0 Å². The van der Waals surface area contributed by atoms with E-state index in [1.165, 1.54) is 0 Å². The lowest BCUT2D eigenvalue weighted by Crippen LogP contribution is -2.51. The number of nitrogens with zero attached hydrogens (tertiary/aromatic N) is 3. The second-order valence-corrected chi connectivity index (χ2v) is 14.3. The highest BCUT2D eigenvalue weighted by Gasteiger charge is 2.52. The summed E-state index contributed by atoms with van der Waals surface area (Å²) >= 11 is 12.7. The molecule has 8 nitrogen and oxygen atoms in total. The topological polar surface area (TPSA) is 126 Å². The molecule has 0 unspecified atom stereocenters. The van der Waals surface area contributed by atoms with Crippen molar-refractivity contribution < 1.29 is 9.59 Å². The van der Waals surface area contributed by atoms with Crippen molar-refractivity contribution in [2.45, 2.75) is 84.8 Å². The summed E-state index contributed by atoms with van der Waals surface area (Å²) < 4.78 is 0. The van der Waals surface area contributed by atoms with Gasteiger partial charge in [0, 0.05) is 21.2 Å². The minimum Gasteiger partial charge on any atom is -0.384 e. The molecule has 0 aromatic heterocycles. The maximum atomic E-state index is 14.5. The molecule has 10 heteroatoms. The Morgan fingerprint density at radius 3 is 2.26 bits per heavy atom. The summed E-state index contributed by atoms with van der Waals surface area (Å²) in [5, 5.41) is 7.04. The van der Waals surface area contributed by atoms with E-state index in [-0.39, 0.29) is 35.7 Å². The van der Waals surface area contributed by atoms with Crippen molar-refractivity contribution in [3.05, 3.63) is 69.2 Å². The number of hydrazone groups is 1. The Morgan fingerprint density at radius 1 is 1.12 bits per heavy atom. The van der Waals surface area contributed by atoms with Gasteiger partial charge in [-0.3, -0.25) is 14.6 Å². The summed E-state index contributed by atoms with van der Waals surface area (Å²) in [6.45, 7) is 11.2. The van der Waals surface area contributed by atoms with Gasteiger partial charge >= 0.3 is 0 Å². The van der Waals surface area contributed by atoms with Gasteiger partial charge in [-0.15, -0.1) is 0 Å². The first-order chi connectivity index (χ1) is 20.2. The highest BCUT2D eigenvalue weighted by molar-refractivity contribution is 6.47. The van der Waals surface area contributed by atoms with Crippen molar-refractivity contribution in [1.29, 1.82) is 0 Å². The number of carbonyl (C=O) groups is 2. The van der Waals surface area contributed by atoms with Gasteiger partial charge in [0.05, 0.1) is 12.6 Å². The number of benzene rings is 2. The number of aliphatic imine (C=N–C) groups is 1. The maximum Gasteiger partial charge on any atom is 0.275 e. The number of carbonyl (C=O) groups excluding carboxylic acids is 2. The normalized spacial score (nSPS) is 21.8. The second-order valence-electron chi connectivity index (χ2n) is 13.4. The Bertz CT molecular complexity index is 1370. The first-order valence-electron chi connectivity index (χ1n) is 15.0. The number of rotatable bonds is 9. The third-order valence-electron chi connectivity index (χ3n) is 8.73. The second kappa shape index (κ2) is 13.3. The molecule has 1 heterocycles. The van der Waals surface area contributed by atoms with Gasteiger partial charge in [-0.2, -0.15) is 5.10 Å². The van der Waals surface area contributed by atoms with E-state index < -0.39 is 5.66 Å². The lowest BCUT2D eigenvalue weighted by molar-refractivity contribution is -0.133. The van der Waals surface area contributed by atoms with Crippen LogP contribution in [0, 0.1) is 17.3 Å². The number of nitrogens with one attached hydrogen (secondary N) is 1. The first kappa shape index (κ1) is 32.8. The molecule has 2 aliphatic rings. The van der Waals surface area contributed by atoms with Crippen LogP contribution in [-0.2, 0) is 4.79 Å². The SMILES string of the molecule is CC(C)C1CCC2(CC1)N=C(c1cc(Cl)cc(Cl)c1)C(=O)N2[C@H](CCC(C)(C)C)c1ccc(C(=O)NC/C(N)=N/N)cc1. The third-order valence-corrected chi connectivity index (χ3v) is 9.17. The molecule has 2 aromatic rings. The van der Waals surface area contributed by atoms with Gasteiger partial charge in [-0.1, -0.05) is 70.0 Å². The number of hydrogen-bond donors (Lipinski definition) is 3. The standard InChI is InChI=1S/C33H44Cl2N6O2/c1-20(2)21-10-14-33(15-11-21)39-29(24-16-25(34)18-26(35)17-24)31(43)41(33)27(12-13-32(3,4)5)22-6-8-23(9-7-22)30(42)38-19-28(36)40-37/h6-9,16-18,20-21,27H,10-15,19,37H2,1-5H3,(H2,36,40)(H,38,42)/t21?,27-,33?/m1/s1. The molecule has 0 saturated heterocycles. The van der Waals surface area contributed by atoms with E-state index in [0.717, 1.165) is 44.1 Å². The highest BCUT2D eigenvalue weighted by Crippen LogP contribution is 2.48. The number of amidine groups is 1. The Morgan fingerprint density at radius 2 is 1.72 bits per heavy atom. The number of hydrogen-bond acceptors (Lipinski definition) is 5. The molecule has 1 saturated carbocycles. The van der Waals surface area contributed by atoms with Gasteiger partial charge in [0.2, 0.25) is 0 Å². The molecule has 1 aliphatic heterocycles. The van der Waals surface area contributed by atoms with E-state index in [1.54, 1.807) is 30.3 Å². The fourth-order valence-corrected chi connectivity index (χ4v) is 6.76. The van der Waals surface area contributed by atoms with Crippen LogP contribution in [0.3, 0.4) is 0 Å². The van der Waals surface area contributed by atoms with E-state index in [2.05, 4.69) is 45.0 Å². The predicted octanol–water partition coefficient (Wildman–Crippen LogP) is 6.70. The Balaban J connectivity index is 1.75. The van der Waals surface area contributed by atoms with E-state index in [4.69, 9.17) is 39.8 Å². The summed E-state index contributed by atoms with van der Waals surface area (Å²) in [7, 11) is 0. The van der Waals surface area contributed by atoms with Crippen LogP contribution >= 0.6 is 23.2 Å². The van der Waals surface area contributed by atoms with Crippen molar-refractivity contribution in [2.75, 3.05) is 6.54 Å².